The van der Waals surface area contributed by atoms with E-state index in [1.165, 1.54) is 32.4 Å². The third kappa shape index (κ3) is 3.82. The van der Waals surface area contributed by atoms with Crippen LogP contribution in [0.15, 0.2) is 30.3 Å². The maximum atomic E-state index is 14.2. The van der Waals surface area contributed by atoms with Crippen LogP contribution in [-0.2, 0) is 0 Å². The lowest BCUT2D eigenvalue weighted by atomic mass is 10.1. The molecule has 0 aliphatic rings. The predicted molar refractivity (Wildman–Crippen MR) is 94.9 cm³/mol. The molecular formula is C17H18FN3O5. The lowest BCUT2D eigenvalue weighted by Crippen LogP contribution is -2.19. The summed E-state index contributed by atoms with van der Waals surface area (Å²) >= 11 is 0. The number of ether oxygens (including phenoxy) is 2. The Labute approximate surface area is 149 Å². The number of hydrogen-bond donors (Lipinski definition) is 1. The number of halogens is 1. The van der Waals surface area contributed by atoms with Crippen molar-refractivity contribution >= 4 is 23.0 Å². The number of rotatable bonds is 6. The number of amides is 1. The summed E-state index contributed by atoms with van der Waals surface area (Å²) in [5.74, 6) is -1.01. The van der Waals surface area contributed by atoms with Crippen molar-refractivity contribution in [1.82, 2.24) is 0 Å². The van der Waals surface area contributed by atoms with E-state index < -0.39 is 16.6 Å². The largest absolute Gasteiger partial charge is 0.493 e. The van der Waals surface area contributed by atoms with Gasteiger partial charge in [0.2, 0.25) is 0 Å². The Kier molecular flexibility index (Phi) is 5.61. The zero-order valence-corrected chi connectivity index (χ0v) is 14.7. The fourth-order valence-corrected chi connectivity index (χ4v) is 2.35. The summed E-state index contributed by atoms with van der Waals surface area (Å²) in [5, 5.41) is 13.4. The molecule has 26 heavy (non-hydrogen) atoms. The molecule has 0 bridgehead atoms. The number of carbonyl (C=O) groups excluding carboxylic acids is 1. The molecule has 2 rings (SSSR count). The highest BCUT2D eigenvalue weighted by Crippen LogP contribution is 2.33. The van der Waals surface area contributed by atoms with Crippen molar-refractivity contribution < 1.29 is 23.6 Å². The molecule has 0 aromatic heterocycles. The Morgan fingerprint density at radius 3 is 2.31 bits per heavy atom. The molecule has 2 aromatic rings. The molecule has 0 saturated heterocycles. The third-order valence-corrected chi connectivity index (χ3v) is 3.64. The van der Waals surface area contributed by atoms with Gasteiger partial charge in [-0.15, -0.1) is 0 Å². The highest BCUT2D eigenvalue weighted by atomic mass is 19.1. The van der Waals surface area contributed by atoms with Crippen LogP contribution in [0.4, 0.5) is 21.5 Å². The van der Waals surface area contributed by atoms with Gasteiger partial charge in [0.05, 0.1) is 30.4 Å². The molecule has 0 aliphatic carbocycles. The summed E-state index contributed by atoms with van der Waals surface area (Å²) in [6, 6.07) is 6.25. The molecule has 0 unspecified atom stereocenters. The molecule has 0 saturated carbocycles. The first-order chi connectivity index (χ1) is 12.3. The molecule has 0 heterocycles. The van der Waals surface area contributed by atoms with E-state index in [2.05, 4.69) is 5.32 Å². The lowest BCUT2D eigenvalue weighted by molar-refractivity contribution is -0.384. The van der Waals surface area contributed by atoms with Gasteiger partial charge in [-0.1, -0.05) is 0 Å². The quantitative estimate of drug-likeness (QED) is 0.626. The molecule has 0 fully saturated rings. The molecule has 1 amide bonds. The molecule has 9 heteroatoms. The first-order valence-corrected chi connectivity index (χ1v) is 7.47. The molecule has 138 valence electrons. The lowest BCUT2D eigenvalue weighted by Gasteiger charge is -2.17. The first-order valence-electron chi connectivity index (χ1n) is 7.47. The smallest absolute Gasteiger partial charge is 0.270 e. The van der Waals surface area contributed by atoms with E-state index in [0.717, 1.165) is 12.1 Å². The number of carbonyl (C=O) groups is 1. The van der Waals surface area contributed by atoms with Crippen LogP contribution >= 0.6 is 0 Å². The van der Waals surface area contributed by atoms with Gasteiger partial charge < -0.3 is 19.7 Å². The molecule has 1 N–H and O–H groups in total. The molecule has 0 aliphatic heterocycles. The number of nitro benzene ring substituents is 1. The molecule has 0 atom stereocenters. The maximum absolute atomic E-state index is 14.2. The van der Waals surface area contributed by atoms with E-state index in [-0.39, 0.29) is 28.4 Å². The Balaban J connectivity index is 2.44. The number of benzene rings is 2. The average Bonchev–Trinajstić information content (AvgIpc) is 2.62. The van der Waals surface area contributed by atoms with E-state index in [4.69, 9.17) is 9.47 Å². The van der Waals surface area contributed by atoms with E-state index in [1.54, 1.807) is 19.0 Å². The first kappa shape index (κ1) is 19.0. The Hall–Kier alpha value is -3.36. The van der Waals surface area contributed by atoms with Crippen molar-refractivity contribution in [3.05, 3.63) is 51.8 Å². The monoisotopic (exact) mass is 363 g/mol. The van der Waals surface area contributed by atoms with Crippen molar-refractivity contribution in [2.24, 2.45) is 0 Å². The van der Waals surface area contributed by atoms with Crippen LogP contribution in [0, 0.1) is 15.9 Å². The topological polar surface area (TPSA) is 93.9 Å². The predicted octanol–water partition coefficient (Wildman–Crippen LogP) is 3.07. The van der Waals surface area contributed by atoms with Crippen LogP contribution in [0.25, 0.3) is 0 Å². The summed E-state index contributed by atoms with van der Waals surface area (Å²) in [6.07, 6.45) is 0. The van der Waals surface area contributed by atoms with E-state index >= 15 is 0 Å². The van der Waals surface area contributed by atoms with Gasteiger partial charge in [-0.05, 0) is 6.07 Å². The molecule has 8 nitrogen and oxygen atoms in total. The van der Waals surface area contributed by atoms with Crippen molar-refractivity contribution in [3.8, 4) is 11.5 Å². The minimum absolute atomic E-state index is 0.0402. The highest BCUT2D eigenvalue weighted by molar-refractivity contribution is 6.08. The van der Waals surface area contributed by atoms with E-state index in [9.17, 15) is 19.3 Å². The van der Waals surface area contributed by atoms with Gasteiger partial charge in [-0.3, -0.25) is 14.9 Å². The second kappa shape index (κ2) is 7.68. The Morgan fingerprint density at radius 2 is 1.77 bits per heavy atom. The van der Waals surface area contributed by atoms with Crippen LogP contribution < -0.4 is 19.7 Å². The van der Waals surface area contributed by atoms with E-state index in [0.29, 0.717) is 5.69 Å². The summed E-state index contributed by atoms with van der Waals surface area (Å²) in [5.41, 5.74) is 0.116. The number of nitro groups is 1. The minimum atomic E-state index is -0.729. The molecule has 0 radical (unpaired) electrons. The molecule has 2 aromatic carbocycles. The number of hydrogen-bond acceptors (Lipinski definition) is 6. The average molecular weight is 363 g/mol. The van der Waals surface area contributed by atoms with E-state index in [1.807, 2.05) is 0 Å². The van der Waals surface area contributed by atoms with Gasteiger partial charge >= 0.3 is 0 Å². The van der Waals surface area contributed by atoms with Crippen LogP contribution in [0.5, 0.6) is 11.5 Å². The van der Waals surface area contributed by atoms with Gasteiger partial charge in [0.15, 0.2) is 17.3 Å². The summed E-state index contributed by atoms with van der Waals surface area (Å²) in [7, 11) is 6.12. The minimum Gasteiger partial charge on any atom is -0.493 e. The number of non-ortho nitro benzene ring substituents is 1. The number of nitrogens with one attached hydrogen (secondary N) is 1. The molecular weight excluding hydrogens is 345 g/mol. The standard InChI is InChI=1S/C17H18FN3O5/c1-20(2)14-6-5-10(21(23)24)7-11(14)17(22)19-13-9-16(26-4)15(25-3)8-12(13)18/h5-9H,1-4H3,(H,19,22). The van der Waals surface area contributed by atoms with Gasteiger partial charge in [0, 0.05) is 44.0 Å². The summed E-state index contributed by atoms with van der Waals surface area (Å²) in [6.45, 7) is 0. The van der Waals surface area contributed by atoms with Crippen molar-refractivity contribution in [1.29, 1.82) is 0 Å². The fourth-order valence-electron chi connectivity index (χ4n) is 2.35. The second-order valence-corrected chi connectivity index (χ2v) is 5.49. The maximum Gasteiger partial charge on any atom is 0.270 e. The zero-order valence-electron chi connectivity index (χ0n) is 14.7. The van der Waals surface area contributed by atoms with Crippen LogP contribution in [0.1, 0.15) is 10.4 Å². The number of methoxy groups -OCH3 is 2. The zero-order chi connectivity index (χ0) is 19.4. The normalized spacial score (nSPS) is 10.2. The van der Waals surface area contributed by atoms with Crippen molar-refractivity contribution in [2.75, 3.05) is 38.5 Å². The van der Waals surface area contributed by atoms with Crippen LogP contribution in [-0.4, -0.2) is 39.1 Å². The third-order valence-electron chi connectivity index (χ3n) is 3.64. The van der Waals surface area contributed by atoms with Gasteiger partial charge in [-0.25, -0.2) is 4.39 Å². The van der Waals surface area contributed by atoms with Crippen LogP contribution in [0.3, 0.4) is 0 Å². The van der Waals surface area contributed by atoms with Gasteiger partial charge in [0.25, 0.3) is 11.6 Å². The van der Waals surface area contributed by atoms with Gasteiger partial charge in [-0.2, -0.15) is 0 Å². The highest BCUT2D eigenvalue weighted by Gasteiger charge is 2.20. The second-order valence-electron chi connectivity index (χ2n) is 5.49. The SMILES string of the molecule is COc1cc(F)c(NC(=O)c2cc([N+](=O)[O-])ccc2N(C)C)cc1OC. The number of anilines is 2. The molecule has 0 spiro atoms. The van der Waals surface area contributed by atoms with Crippen molar-refractivity contribution in [2.45, 2.75) is 0 Å². The summed E-state index contributed by atoms with van der Waals surface area (Å²) < 4.78 is 24.3. The Bertz CT molecular complexity index is 855. The fraction of sp³-hybridized carbons (Fsp3) is 0.235. The summed E-state index contributed by atoms with van der Waals surface area (Å²) in [4.78, 5) is 24.6. The van der Waals surface area contributed by atoms with Crippen molar-refractivity contribution in [3.63, 3.8) is 0 Å². The van der Waals surface area contributed by atoms with Gasteiger partial charge in [0.1, 0.15) is 0 Å². The van der Waals surface area contributed by atoms with Crippen LogP contribution in [0.2, 0.25) is 0 Å². The number of nitrogens with zero attached hydrogens (tertiary/aromatic N) is 2. The Morgan fingerprint density at radius 1 is 1.15 bits per heavy atom.